The fourth-order valence-electron chi connectivity index (χ4n) is 8.42. The Morgan fingerprint density at radius 2 is 1.90 bits per heavy atom. The van der Waals surface area contributed by atoms with Crippen LogP contribution in [-0.2, 0) is 14.3 Å². The second-order valence-electron chi connectivity index (χ2n) is 12.1. The van der Waals surface area contributed by atoms with Crippen LogP contribution in [-0.4, -0.2) is 29.1 Å². The lowest BCUT2D eigenvalue weighted by Crippen LogP contribution is -2.61. The van der Waals surface area contributed by atoms with Gasteiger partial charge >= 0.3 is 5.97 Å². The molecule has 0 spiro atoms. The summed E-state index contributed by atoms with van der Waals surface area (Å²) in [7, 11) is 0. The van der Waals surface area contributed by atoms with Crippen molar-refractivity contribution >= 4 is 11.8 Å². The van der Waals surface area contributed by atoms with Crippen molar-refractivity contribution in [1.82, 2.24) is 0 Å². The average Bonchev–Trinajstić information content (AvgIpc) is 2.62. The van der Waals surface area contributed by atoms with Gasteiger partial charge in [0.05, 0.1) is 6.10 Å². The molecular formula is C27H40O4. The van der Waals surface area contributed by atoms with Crippen LogP contribution in [0.1, 0.15) is 86.5 Å². The van der Waals surface area contributed by atoms with Crippen LogP contribution >= 0.6 is 0 Å². The summed E-state index contributed by atoms with van der Waals surface area (Å²) in [6, 6.07) is 0. The molecule has 31 heavy (non-hydrogen) atoms. The average molecular weight is 429 g/mol. The lowest BCUT2D eigenvalue weighted by Gasteiger charge is -2.65. The molecule has 0 saturated heterocycles. The molecule has 0 heterocycles. The number of esters is 1. The van der Waals surface area contributed by atoms with Gasteiger partial charge in [-0.2, -0.15) is 0 Å². The highest BCUT2D eigenvalue weighted by atomic mass is 16.5. The van der Waals surface area contributed by atoms with Crippen molar-refractivity contribution in [3.05, 3.63) is 23.3 Å². The maximum absolute atomic E-state index is 12.4. The number of hydrogen-bond acceptors (Lipinski definition) is 4. The number of carbonyl (C=O) groups is 2. The van der Waals surface area contributed by atoms with Crippen LogP contribution in [0.25, 0.3) is 0 Å². The van der Waals surface area contributed by atoms with Gasteiger partial charge in [0.1, 0.15) is 6.10 Å². The third kappa shape index (κ3) is 3.73. The summed E-state index contributed by atoms with van der Waals surface area (Å²) in [4.78, 5) is 24.5. The van der Waals surface area contributed by atoms with Crippen molar-refractivity contribution in [1.29, 1.82) is 0 Å². The van der Waals surface area contributed by atoms with Gasteiger partial charge in [0, 0.05) is 25.2 Å². The number of Topliss-reactive ketones (excluding diaryl/α,β-unsaturated/α-hetero) is 1. The molecule has 4 nitrogen and oxygen atoms in total. The summed E-state index contributed by atoms with van der Waals surface area (Å²) in [6.45, 7) is 12.9. The molecule has 0 bridgehead atoms. The third-order valence-electron chi connectivity index (χ3n) is 9.46. The topological polar surface area (TPSA) is 63.6 Å². The van der Waals surface area contributed by atoms with Gasteiger partial charge in [-0.25, -0.2) is 0 Å². The summed E-state index contributed by atoms with van der Waals surface area (Å²) >= 11 is 0. The first-order chi connectivity index (χ1) is 14.4. The van der Waals surface area contributed by atoms with Crippen LogP contribution in [0.2, 0.25) is 0 Å². The molecule has 2 saturated carbocycles. The van der Waals surface area contributed by atoms with Crippen molar-refractivity contribution in [3.63, 3.8) is 0 Å². The van der Waals surface area contributed by atoms with Gasteiger partial charge in [-0.15, -0.1) is 0 Å². The van der Waals surface area contributed by atoms with E-state index >= 15 is 0 Å². The molecule has 0 radical (unpaired) electrons. The predicted octanol–water partition coefficient (Wildman–Crippen LogP) is 5.39. The number of allylic oxidation sites excluding steroid dienone is 2. The number of carbonyl (C=O) groups excluding carboxylic acids is 2. The minimum atomic E-state index is -0.589. The molecule has 1 N–H and O–H groups in total. The molecule has 2 fully saturated rings. The van der Waals surface area contributed by atoms with E-state index in [2.05, 4.69) is 33.8 Å². The lowest BCUT2D eigenvalue weighted by atomic mass is 9.40. The first kappa shape index (κ1) is 22.8. The molecule has 0 aromatic rings. The van der Waals surface area contributed by atoms with Gasteiger partial charge in [-0.3, -0.25) is 9.59 Å². The zero-order valence-electron chi connectivity index (χ0n) is 20.2. The Labute approximate surface area is 187 Å². The molecule has 172 valence electrons. The zero-order valence-corrected chi connectivity index (χ0v) is 20.2. The predicted molar refractivity (Wildman–Crippen MR) is 121 cm³/mol. The fraction of sp³-hybridized carbons (Fsp3) is 0.778. The van der Waals surface area contributed by atoms with E-state index in [9.17, 15) is 14.7 Å². The molecular weight excluding hydrogens is 388 g/mol. The molecule has 4 rings (SSSR count). The first-order valence-electron chi connectivity index (χ1n) is 12.1. The second-order valence-corrected chi connectivity index (χ2v) is 12.1. The molecule has 0 aromatic carbocycles. The van der Waals surface area contributed by atoms with Crippen molar-refractivity contribution in [2.75, 3.05) is 0 Å². The Bertz CT molecular complexity index is 836. The standard InChI is InChI=1S/C27H40O4/c1-16-12-21(30)19(13-20(16)29)18-8-9-23-26(5,14-18)15-22(31-17(2)28)24-25(3,4)10-7-11-27(23,24)6/h8,12,19,21-24,30H,7,9-11,13-15H2,1-6H3/t19-,21+,22+,23+,24-,26+,27+/m0/s1. The van der Waals surface area contributed by atoms with Crippen molar-refractivity contribution in [3.8, 4) is 0 Å². The molecule has 7 atom stereocenters. The quantitative estimate of drug-likeness (QED) is 0.473. The molecule has 0 aliphatic heterocycles. The number of ketones is 1. The van der Waals surface area contributed by atoms with E-state index in [0.717, 1.165) is 19.3 Å². The number of fused-ring (bicyclic) bond motifs is 3. The van der Waals surface area contributed by atoms with Crippen LogP contribution in [0.15, 0.2) is 23.3 Å². The Kier molecular flexibility index (Phi) is 5.56. The van der Waals surface area contributed by atoms with E-state index in [0.29, 0.717) is 23.8 Å². The molecule has 4 heteroatoms. The number of aliphatic hydroxyl groups is 1. The van der Waals surface area contributed by atoms with E-state index in [1.165, 1.54) is 31.8 Å². The molecule has 0 amide bonds. The van der Waals surface area contributed by atoms with E-state index in [-0.39, 0.29) is 40.0 Å². The Morgan fingerprint density at radius 1 is 1.19 bits per heavy atom. The number of rotatable bonds is 2. The Balaban J connectivity index is 1.70. The van der Waals surface area contributed by atoms with Crippen molar-refractivity contribution in [2.24, 2.45) is 34.0 Å². The van der Waals surface area contributed by atoms with E-state index in [4.69, 9.17) is 4.74 Å². The summed E-state index contributed by atoms with van der Waals surface area (Å²) in [5, 5.41) is 10.7. The highest BCUT2D eigenvalue weighted by Crippen LogP contribution is 2.68. The lowest BCUT2D eigenvalue weighted by molar-refractivity contribution is -0.205. The number of ether oxygens (including phenoxy) is 1. The van der Waals surface area contributed by atoms with Gasteiger partial charge in [-0.05, 0) is 72.8 Å². The summed E-state index contributed by atoms with van der Waals surface area (Å²) in [6.07, 6.45) is 10.1. The van der Waals surface area contributed by atoms with Gasteiger partial charge in [0.15, 0.2) is 5.78 Å². The third-order valence-corrected chi connectivity index (χ3v) is 9.46. The van der Waals surface area contributed by atoms with E-state index in [1.807, 2.05) is 0 Å². The van der Waals surface area contributed by atoms with Gasteiger partial charge in [0.2, 0.25) is 0 Å². The normalized spacial score (nSPS) is 44.5. The highest BCUT2D eigenvalue weighted by molar-refractivity contribution is 5.96. The molecule has 4 aliphatic carbocycles. The Hall–Kier alpha value is -1.42. The van der Waals surface area contributed by atoms with Gasteiger partial charge in [-0.1, -0.05) is 45.8 Å². The maximum atomic E-state index is 12.4. The van der Waals surface area contributed by atoms with Crippen LogP contribution < -0.4 is 0 Å². The largest absolute Gasteiger partial charge is 0.462 e. The molecule has 4 aliphatic rings. The van der Waals surface area contributed by atoms with E-state index in [1.54, 1.807) is 13.0 Å². The summed E-state index contributed by atoms with van der Waals surface area (Å²) in [5.74, 6) is 0.726. The minimum absolute atomic E-state index is 0.00183. The second kappa shape index (κ2) is 7.57. The minimum Gasteiger partial charge on any atom is -0.462 e. The SMILES string of the molecule is CC(=O)O[C@@H]1C[C@@]2(C)CC([C@@H]3CC(=O)C(C)=C[C@H]3O)=CC[C@H]2[C@@]2(C)CCCC(C)(C)[C@H]12. The van der Waals surface area contributed by atoms with Gasteiger partial charge in [0.25, 0.3) is 0 Å². The first-order valence-corrected chi connectivity index (χ1v) is 12.1. The fourth-order valence-corrected chi connectivity index (χ4v) is 8.42. The van der Waals surface area contributed by atoms with Crippen molar-refractivity contribution in [2.45, 2.75) is 98.7 Å². The Morgan fingerprint density at radius 3 is 2.58 bits per heavy atom. The monoisotopic (exact) mass is 428 g/mol. The molecule has 0 aromatic heterocycles. The van der Waals surface area contributed by atoms with Crippen LogP contribution in [0.4, 0.5) is 0 Å². The van der Waals surface area contributed by atoms with Crippen LogP contribution in [0, 0.1) is 34.0 Å². The van der Waals surface area contributed by atoms with Crippen molar-refractivity contribution < 1.29 is 19.4 Å². The smallest absolute Gasteiger partial charge is 0.302 e. The number of hydrogen-bond donors (Lipinski definition) is 1. The van der Waals surface area contributed by atoms with E-state index < -0.39 is 6.10 Å². The molecule has 0 unspecified atom stereocenters. The highest BCUT2D eigenvalue weighted by Gasteiger charge is 2.63. The van der Waals surface area contributed by atoms with Crippen LogP contribution in [0.5, 0.6) is 0 Å². The summed E-state index contributed by atoms with van der Waals surface area (Å²) in [5.41, 5.74) is 2.17. The maximum Gasteiger partial charge on any atom is 0.302 e. The number of aliphatic hydroxyl groups excluding tert-OH is 1. The van der Waals surface area contributed by atoms with Crippen LogP contribution in [0.3, 0.4) is 0 Å². The zero-order chi connectivity index (χ0) is 22.8. The summed E-state index contributed by atoms with van der Waals surface area (Å²) < 4.78 is 6.04. The van der Waals surface area contributed by atoms with Gasteiger partial charge < -0.3 is 9.84 Å².